The van der Waals surface area contributed by atoms with Crippen LogP contribution in [0.1, 0.15) is 16.7 Å². The quantitative estimate of drug-likeness (QED) is 0.573. The molecule has 1 heterocycles. The molecule has 0 fully saturated rings. The molecule has 1 amide bonds. The third-order valence-corrected chi connectivity index (χ3v) is 7.54. The van der Waals surface area contributed by atoms with E-state index >= 15 is 0 Å². The Morgan fingerprint density at radius 1 is 1.00 bits per heavy atom. The predicted octanol–water partition coefficient (Wildman–Crippen LogP) is 4.43. The summed E-state index contributed by atoms with van der Waals surface area (Å²) in [7, 11) is -3.96. The van der Waals surface area contributed by atoms with Gasteiger partial charge in [0.05, 0.1) is 10.6 Å². The highest BCUT2D eigenvalue weighted by Crippen LogP contribution is 2.30. The van der Waals surface area contributed by atoms with Crippen LogP contribution in [-0.2, 0) is 27.8 Å². The summed E-state index contributed by atoms with van der Waals surface area (Å²) in [6.45, 7) is 2.55. The van der Waals surface area contributed by atoms with Gasteiger partial charge in [-0.3, -0.25) is 9.10 Å². The molecule has 0 N–H and O–H groups in total. The molecule has 0 atom stereocenters. The van der Waals surface area contributed by atoms with Crippen LogP contribution in [0.15, 0.2) is 77.7 Å². The highest BCUT2D eigenvalue weighted by atomic mass is 35.5. The molecule has 1 aliphatic heterocycles. The van der Waals surface area contributed by atoms with Gasteiger partial charge in [-0.1, -0.05) is 60.1 Å². The number of benzene rings is 3. The van der Waals surface area contributed by atoms with Crippen molar-refractivity contribution >= 4 is 33.2 Å². The third-order valence-electron chi connectivity index (χ3n) is 5.53. The molecule has 0 aliphatic carbocycles. The largest absolute Gasteiger partial charge is 0.336 e. The Bertz CT molecular complexity index is 1210. The Morgan fingerprint density at radius 2 is 1.68 bits per heavy atom. The van der Waals surface area contributed by atoms with E-state index in [-0.39, 0.29) is 17.3 Å². The summed E-state index contributed by atoms with van der Waals surface area (Å²) in [6, 6.07) is 21.2. The maximum Gasteiger partial charge on any atom is 0.264 e. The molecule has 0 radical (unpaired) electrons. The number of sulfonamides is 1. The molecule has 160 valence electrons. The molecule has 0 unspecified atom stereocenters. The fourth-order valence-electron chi connectivity index (χ4n) is 3.80. The van der Waals surface area contributed by atoms with Crippen molar-refractivity contribution in [1.82, 2.24) is 4.90 Å². The van der Waals surface area contributed by atoms with Crippen LogP contribution in [0.2, 0.25) is 5.02 Å². The average molecular weight is 455 g/mol. The first-order valence-corrected chi connectivity index (χ1v) is 11.9. The first-order chi connectivity index (χ1) is 14.9. The smallest absolute Gasteiger partial charge is 0.264 e. The SMILES string of the molecule is Cc1ccc(Cl)cc1N(CC(=O)N1CCc2ccccc2C1)S(=O)(=O)c1ccccc1. The van der Waals surface area contributed by atoms with Crippen LogP contribution in [0, 0.1) is 6.92 Å². The zero-order valence-electron chi connectivity index (χ0n) is 17.2. The van der Waals surface area contributed by atoms with Crippen LogP contribution in [0.5, 0.6) is 0 Å². The molecule has 3 aromatic rings. The Hall–Kier alpha value is -2.83. The van der Waals surface area contributed by atoms with E-state index in [4.69, 9.17) is 11.6 Å². The van der Waals surface area contributed by atoms with Crippen LogP contribution in [0.3, 0.4) is 0 Å². The van der Waals surface area contributed by atoms with E-state index in [1.165, 1.54) is 22.0 Å². The van der Waals surface area contributed by atoms with Gasteiger partial charge in [-0.2, -0.15) is 0 Å². The lowest BCUT2D eigenvalue weighted by Gasteiger charge is -2.32. The molecule has 4 rings (SSSR count). The van der Waals surface area contributed by atoms with E-state index in [1.54, 1.807) is 48.2 Å². The summed E-state index contributed by atoms with van der Waals surface area (Å²) in [5, 5.41) is 0.410. The number of rotatable bonds is 5. The summed E-state index contributed by atoms with van der Waals surface area (Å²) in [4.78, 5) is 15.1. The lowest BCUT2D eigenvalue weighted by atomic mass is 10.00. The van der Waals surface area contributed by atoms with Gasteiger partial charge in [-0.25, -0.2) is 8.42 Å². The van der Waals surface area contributed by atoms with Gasteiger partial charge in [0, 0.05) is 18.1 Å². The fourth-order valence-corrected chi connectivity index (χ4v) is 5.46. The Labute approximate surface area is 187 Å². The lowest BCUT2D eigenvalue weighted by Crippen LogP contribution is -2.45. The van der Waals surface area contributed by atoms with Crippen molar-refractivity contribution in [3.63, 3.8) is 0 Å². The minimum absolute atomic E-state index is 0.131. The van der Waals surface area contributed by atoms with E-state index in [1.807, 2.05) is 18.2 Å². The number of fused-ring (bicyclic) bond motifs is 1. The number of hydrogen-bond acceptors (Lipinski definition) is 3. The fraction of sp³-hybridized carbons (Fsp3) is 0.208. The molecule has 0 bridgehead atoms. The van der Waals surface area contributed by atoms with E-state index in [9.17, 15) is 13.2 Å². The van der Waals surface area contributed by atoms with E-state index < -0.39 is 10.0 Å². The van der Waals surface area contributed by atoms with Crippen LogP contribution in [0.25, 0.3) is 0 Å². The van der Waals surface area contributed by atoms with Crippen molar-refractivity contribution in [1.29, 1.82) is 0 Å². The molecule has 0 saturated carbocycles. The van der Waals surface area contributed by atoms with Crippen molar-refractivity contribution in [2.75, 3.05) is 17.4 Å². The molecule has 3 aromatic carbocycles. The molecule has 1 aliphatic rings. The monoisotopic (exact) mass is 454 g/mol. The molecule has 31 heavy (non-hydrogen) atoms. The number of aryl methyl sites for hydroxylation is 1. The normalized spacial score (nSPS) is 13.5. The molecule has 0 aromatic heterocycles. The minimum Gasteiger partial charge on any atom is -0.336 e. The van der Waals surface area contributed by atoms with Gasteiger partial charge in [0.1, 0.15) is 6.54 Å². The van der Waals surface area contributed by atoms with Gasteiger partial charge in [0.2, 0.25) is 5.91 Å². The van der Waals surface area contributed by atoms with Gasteiger partial charge in [0.15, 0.2) is 0 Å². The first kappa shape index (κ1) is 21.4. The topological polar surface area (TPSA) is 57.7 Å². The van der Waals surface area contributed by atoms with Crippen LogP contribution in [0.4, 0.5) is 5.69 Å². The summed E-state index contributed by atoms with van der Waals surface area (Å²) in [6.07, 6.45) is 0.754. The van der Waals surface area contributed by atoms with Crippen molar-refractivity contribution in [3.8, 4) is 0 Å². The van der Waals surface area contributed by atoms with E-state index in [2.05, 4.69) is 6.07 Å². The average Bonchev–Trinajstić information content (AvgIpc) is 2.79. The Balaban J connectivity index is 1.69. The van der Waals surface area contributed by atoms with Gasteiger partial charge < -0.3 is 4.90 Å². The van der Waals surface area contributed by atoms with E-state index in [0.717, 1.165) is 17.5 Å². The second-order valence-electron chi connectivity index (χ2n) is 7.59. The highest BCUT2D eigenvalue weighted by molar-refractivity contribution is 7.92. The Kier molecular flexibility index (Phi) is 6.03. The van der Waals surface area contributed by atoms with Gasteiger partial charge in [-0.15, -0.1) is 0 Å². The van der Waals surface area contributed by atoms with Crippen molar-refractivity contribution in [2.45, 2.75) is 24.8 Å². The maximum atomic E-state index is 13.5. The van der Waals surface area contributed by atoms with Gasteiger partial charge >= 0.3 is 0 Å². The third kappa shape index (κ3) is 4.45. The van der Waals surface area contributed by atoms with Crippen LogP contribution in [-0.4, -0.2) is 32.3 Å². The van der Waals surface area contributed by atoms with Crippen LogP contribution < -0.4 is 4.31 Å². The number of carbonyl (C=O) groups excluding carboxylic acids is 1. The molecule has 0 saturated heterocycles. The number of hydrogen-bond donors (Lipinski definition) is 0. The predicted molar refractivity (Wildman–Crippen MR) is 123 cm³/mol. The number of amides is 1. The first-order valence-electron chi connectivity index (χ1n) is 10.0. The second-order valence-corrected chi connectivity index (χ2v) is 9.89. The zero-order valence-corrected chi connectivity index (χ0v) is 18.7. The zero-order chi connectivity index (χ0) is 22.0. The number of nitrogens with zero attached hydrogens (tertiary/aromatic N) is 2. The highest BCUT2D eigenvalue weighted by Gasteiger charge is 2.31. The molecular formula is C24H23ClN2O3S. The van der Waals surface area contributed by atoms with Gasteiger partial charge in [0.25, 0.3) is 10.0 Å². The molecule has 7 heteroatoms. The number of anilines is 1. The number of halogens is 1. The summed E-state index contributed by atoms with van der Waals surface area (Å²) in [5.41, 5.74) is 3.45. The lowest BCUT2D eigenvalue weighted by molar-refractivity contribution is -0.130. The summed E-state index contributed by atoms with van der Waals surface area (Å²) < 4.78 is 28.2. The molecule has 0 spiro atoms. The molecular weight excluding hydrogens is 432 g/mol. The second kappa shape index (κ2) is 8.73. The number of carbonyl (C=O) groups is 1. The van der Waals surface area contributed by atoms with E-state index in [0.29, 0.717) is 23.8 Å². The van der Waals surface area contributed by atoms with Gasteiger partial charge in [-0.05, 0) is 54.3 Å². The minimum atomic E-state index is -3.96. The van der Waals surface area contributed by atoms with Crippen molar-refractivity contribution in [3.05, 3.63) is 94.5 Å². The summed E-state index contributed by atoms with van der Waals surface area (Å²) >= 11 is 6.18. The van der Waals surface area contributed by atoms with Crippen molar-refractivity contribution < 1.29 is 13.2 Å². The van der Waals surface area contributed by atoms with Crippen molar-refractivity contribution in [2.24, 2.45) is 0 Å². The standard InChI is InChI=1S/C24H23ClN2O3S/c1-18-11-12-21(25)15-23(18)27(31(29,30)22-9-3-2-4-10-22)17-24(28)26-14-13-19-7-5-6-8-20(19)16-26/h2-12,15H,13-14,16-17H2,1H3. The van der Waals surface area contributed by atoms with Crippen LogP contribution >= 0.6 is 11.6 Å². The summed E-state index contributed by atoms with van der Waals surface area (Å²) in [5.74, 6) is -0.242. The molecule has 5 nitrogen and oxygen atoms in total. The Morgan fingerprint density at radius 3 is 2.42 bits per heavy atom. The maximum absolute atomic E-state index is 13.5.